The maximum absolute atomic E-state index is 12.7. The standard InChI is InChI=1S/C25H36O3S/c1-24-14-6-9-22(24)21-11-10-18-17-19(12-16-25(18,2)23(21)13-15-24)28-29(26,27)20-7-4-3-5-8-20/h3-5,7-8,18-19,21-23H,6,9-17H2,1-2H3/t18-,19+,21-,22+,23-,24+,25+/m0/s1. The Kier molecular flexibility index (Phi) is 4.90. The first-order valence-corrected chi connectivity index (χ1v) is 13.2. The Morgan fingerprint density at radius 1 is 0.897 bits per heavy atom. The molecule has 0 aromatic heterocycles. The van der Waals surface area contributed by atoms with Crippen molar-refractivity contribution in [3.8, 4) is 0 Å². The van der Waals surface area contributed by atoms with Crippen molar-refractivity contribution in [2.24, 2.45) is 34.5 Å². The summed E-state index contributed by atoms with van der Waals surface area (Å²) in [5.74, 6) is 3.29. The lowest BCUT2D eigenvalue weighted by atomic mass is 9.45. The van der Waals surface area contributed by atoms with Crippen LogP contribution in [0.2, 0.25) is 0 Å². The zero-order valence-corrected chi connectivity index (χ0v) is 18.8. The molecule has 0 aliphatic heterocycles. The molecule has 0 amide bonds. The smallest absolute Gasteiger partial charge is 0.263 e. The maximum Gasteiger partial charge on any atom is 0.297 e. The van der Waals surface area contributed by atoms with Gasteiger partial charge < -0.3 is 0 Å². The molecule has 0 spiro atoms. The highest BCUT2D eigenvalue weighted by Crippen LogP contribution is 2.66. The monoisotopic (exact) mass is 416 g/mol. The summed E-state index contributed by atoms with van der Waals surface area (Å²) in [6.45, 7) is 5.10. The van der Waals surface area contributed by atoms with E-state index >= 15 is 0 Å². The summed E-state index contributed by atoms with van der Waals surface area (Å²) < 4.78 is 31.2. The summed E-state index contributed by atoms with van der Waals surface area (Å²) in [7, 11) is -3.66. The maximum atomic E-state index is 12.7. The van der Waals surface area contributed by atoms with Gasteiger partial charge in [0.15, 0.2) is 0 Å². The van der Waals surface area contributed by atoms with E-state index in [2.05, 4.69) is 13.8 Å². The molecule has 0 heterocycles. The first-order chi connectivity index (χ1) is 13.8. The summed E-state index contributed by atoms with van der Waals surface area (Å²) in [6, 6.07) is 8.62. The van der Waals surface area contributed by atoms with E-state index < -0.39 is 10.1 Å². The summed E-state index contributed by atoms with van der Waals surface area (Å²) in [5.41, 5.74) is 0.984. The van der Waals surface area contributed by atoms with Gasteiger partial charge in [-0.15, -0.1) is 0 Å². The molecule has 160 valence electrons. The molecule has 7 atom stereocenters. The van der Waals surface area contributed by atoms with Gasteiger partial charge in [-0.25, -0.2) is 0 Å². The van der Waals surface area contributed by atoms with Crippen molar-refractivity contribution in [1.82, 2.24) is 0 Å². The predicted molar refractivity (Wildman–Crippen MR) is 115 cm³/mol. The predicted octanol–water partition coefficient (Wildman–Crippen LogP) is 6.19. The second-order valence-electron chi connectivity index (χ2n) is 11.0. The van der Waals surface area contributed by atoms with Gasteiger partial charge in [0.25, 0.3) is 10.1 Å². The Bertz CT molecular complexity index is 850. The van der Waals surface area contributed by atoms with E-state index in [0.717, 1.165) is 37.0 Å². The van der Waals surface area contributed by atoms with Crippen LogP contribution < -0.4 is 0 Å². The third-order valence-electron chi connectivity index (χ3n) is 9.69. The van der Waals surface area contributed by atoms with Crippen molar-refractivity contribution in [3.63, 3.8) is 0 Å². The molecule has 0 radical (unpaired) electrons. The summed E-state index contributed by atoms with van der Waals surface area (Å²) in [4.78, 5) is 0.282. The van der Waals surface area contributed by atoms with Gasteiger partial charge in [0.05, 0.1) is 11.0 Å². The van der Waals surface area contributed by atoms with E-state index in [1.807, 2.05) is 6.07 Å². The van der Waals surface area contributed by atoms with Crippen molar-refractivity contribution in [2.75, 3.05) is 0 Å². The van der Waals surface area contributed by atoms with Crippen molar-refractivity contribution in [2.45, 2.75) is 89.1 Å². The number of benzene rings is 1. The van der Waals surface area contributed by atoms with Crippen LogP contribution in [0.15, 0.2) is 35.2 Å². The first-order valence-electron chi connectivity index (χ1n) is 11.8. The molecule has 4 aliphatic carbocycles. The molecule has 0 unspecified atom stereocenters. The van der Waals surface area contributed by atoms with E-state index in [-0.39, 0.29) is 11.0 Å². The topological polar surface area (TPSA) is 43.4 Å². The molecule has 29 heavy (non-hydrogen) atoms. The lowest BCUT2D eigenvalue weighted by Gasteiger charge is -2.60. The fraction of sp³-hybridized carbons (Fsp3) is 0.760. The van der Waals surface area contributed by atoms with Gasteiger partial charge in [-0.05, 0) is 104 Å². The number of fused-ring (bicyclic) bond motifs is 5. The SMILES string of the molecule is C[C@]12CCC[C@@H]1[C@@H]1CC[C@H]3C[C@H](OS(=O)(=O)c4ccccc4)CC[C@@]3(C)[C@H]1CC2. The minimum absolute atomic E-state index is 0.157. The minimum Gasteiger partial charge on any atom is -0.263 e. The van der Waals surface area contributed by atoms with Crippen LogP contribution in [0.4, 0.5) is 0 Å². The van der Waals surface area contributed by atoms with Crippen LogP contribution in [-0.4, -0.2) is 14.5 Å². The number of hydrogen-bond acceptors (Lipinski definition) is 3. The van der Waals surface area contributed by atoms with Crippen molar-refractivity contribution >= 4 is 10.1 Å². The molecule has 5 rings (SSSR count). The quantitative estimate of drug-likeness (QED) is 0.552. The molecule has 4 fully saturated rings. The number of rotatable bonds is 3. The van der Waals surface area contributed by atoms with E-state index in [1.165, 1.54) is 44.9 Å². The van der Waals surface area contributed by atoms with Crippen LogP contribution >= 0.6 is 0 Å². The van der Waals surface area contributed by atoms with Crippen molar-refractivity contribution in [1.29, 1.82) is 0 Å². The average Bonchev–Trinajstić information content (AvgIpc) is 3.10. The molecule has 0 N–H and O–H groups in total. The fourth-order valence-corrected chi connectivity index (χ4v) is 9.26. The highest BCUT2D eigenvalue weighted by atomic mass is 32.2. The molecule has 4 aliphatic rings. The van der Waals surface area contributed by atoms with Crippen LogP contribution in [-0.2, 0) is 14.3 Å². The second kappa shape index (κ2) is 7.09. The fourth-order valence-electron chi connectivity index (χ4n) is 8.12. The van der Waals surface area contributed by atoms with Crippen molar-refractivity contribution < 1.29 is 12.6 Å². The molecule has 3 nitrogen and oxygen atoms in total. The van der Waals surface area contributed by atoms with Gasteiger partial charge in [-0.2, -0.15) is 8.42 Å². The van der Waals surface area contributed by atoms with Crippen LogP contribution in [0.5, 0.6) is 0 Å². The van der Waals surface area contributed by atoms with Crippen LogP contribution in [0, 0.1) is 34.5 Å². The average molecular weight is 417 g/mol. The van der Waals surface area contributed by atoms with Gasteiger partial charge in [-0.1, -0.05) is 38.5 Å². The Hall–Kier alpha value is -0.870. The van der Waals surface area contributed by atoms with Crippen LogP contribution in [0.1, 0.15) is 78.1 Å². The molecule has 0 saturated heterocycles. The molecular formula is C25H36O3S. The summed E-state index contributed by atoms with van der Waals surface area (Å²) in [6.07, 6.45) is 12.5. The van der Waals surface area contributed by atoms with Gasteiger partial charge in [-0.3, -0.25) is 4.18 Å². The zero-order valence-electron chi connectivity index (χ0n) is 18.0. The highest BCUT2D eigenvalue weighted by Gasteiger charge is 2.58. The first kappa shape index (κ1) is 20.1. The highest BCUT2D eigenvalue weighted by molar-refractivity contribution is 7.86. The van der Waals surface area contributed by atoms with E-state index in [1.54, 1.807) is 24.3 Å². The Labute approximate surface area is 176 Å². The van der Waals surface area contributed by atoms with Gasteiger partial charge in [0.1, 0.15) is 0 Å². The Balaban J connectivity index is 1.31. The molecular weight excluding hydrogens is 380 g/mol. The summed E-state index contributed by atoms with van der Waals surface area (Å²) in [5, 5.41) is 0. The van der Waals surface area contributed by atoms with E-state index in [9.17, 15) is 8.42 Å². The molecule has 1 aromatic carbocycles. The largest absolute Gasteiger partial charge is 0.297 e. The molecule has 4 saturated carbocycles. The summed E-state index contributed by atoms with van der Waals surface area (Å²) >= 11 is 0. The normalized spacial score (nSPS) is 44.6. The van der Waals surface area contributed by atoms with E-state index in [0.29, 0.717) is 16.7 Å². The van der Waals surface area contributed by atoms with Gasteiger partial charge in [0.2, 0.25) is 0 Å². The Morgan fingerprint density at radius 3 is 2.48 bits per heavy atom. The van der Waals surface area contributed by atoms with Crippen molar-refractivity contribution in [3.05, 3.63) is 30.3 Å². The van der Waals surface area contributed by atoms with E-state index in [4.69, 9.17) is 4.18 Å². The Morgan fingerprint density at radius 2 is 1.69 bits per heavy atom. The minimum atomic E-state index is -3.66. The van der Waals surface area contributed by atoms with Gasteiger partial charge in [0, 0.05) is 0 Å². The molecule has 4 heteroatoms. The van der Waals surface area contributed by atoms with Gasteiger partial charge >= 0.3 is 0 Å². The lowest BCUT2D eigenvalue weighted by Crippen LogP contribution is -2.53. The third kappa shape index (κ3) is 3.29. The van der Waals surface area contributed by atoms with Crippen LogP contribution in [0.3, 0.4) is 0 Å². The molecule has 1 aromatic rings. The van der Waals surface area contributed by atoms with Crippen LogP contribution in [0.25, 0.3) is 0 Å². The second-order valence-corrected chi connectivity index (χ2v) is 12.6. The zero-order chi connectivity index (χ0) is 20.3. The molecule has 0 bridgehead atoms. The number of hydrogen-bond donors (Lipinski definition) is 0. The lowest BCUT2D eigenvalue weighted by molar-refractivity contribution is -0.117. The third-order valence-corrected chi connectivity index (χ3v) is 11.1.